The van der Waals surface area contributed by atoms with Gasteiger partial charge in [0.15, 0.2) is 0 Å². The van der Waals surface area contributed by atoms with Crippen LogP contribution in [-0.2, 0) is 4.79 Å². The lowest BCUT2D eigenvalue weighted by Crippen LogP contribution is -2.51. The molecule has 0 amide bonds. The molecule has 2 rings (SSSR count). The SMILES string of the molecule is CC1C[C@]2(C)C=C[C@H](C)[C@H](/C=C/C=C/C(=O)O)[C@H]2[C@H](C)[C@H]1O. The highest BCUT2D eigenvalue weighted by Crippen LogP contribution is 2.55. The lowest BCUT2D eigenvalue weighted by molar-refractivity contribution is -0.131. The van der Waals surface area contributed by atoms with E-state index in [-0.39, 0.29) is 17.4 Å². The molecule has 2 N–H and O–H groups in total. The summed E-state index contributed by atoms with van der Waals surface area (Å²) in [5.74, 6) is 0.723. The summed E-state index contributed by atoms with van der Waals surface area (Å²) in [4.78, 5) is 10.6. The summed E-state index contributed by atoms with van der Waals surface area (Å²) in [5.41, 5.74) is 0.107. The summed E-state index contributed by atoms with van der Waals surface area (Å²) in [6, 6.07) is 0. The first kappa shape index (κ1) is 17.0. The van der Waals surface area contributed by atoms with Crippen molar-refractivity contribution in [1.82, 2.24) is 0 Å². The van der Waals surface area contributed by atoms with Gasteiger partial charge in [0.05, 0.1) is 6.10 Å². The van der Waals surface area contributed by atoms with Gasteiger partial charge >= 0.3 is 5.97 Å². The minimum atomic E-state index is -0.929. The van der Waals surface area contributed by atoms with E-state index in [9.17, 15) is 9.90 Å². The van der Waals surface area contributed by atoms with Crippen LogP contribution in [0.15, 0.2) is 36.5 Å². The Kier molecular flexibility index (Phi) is 4.96. The van der Waals surface area contributed by atoms with Crippen molar-refractivity contribution in [3.63, 3.8) is 0 Å². The van der Waals surface area contributed by atoms with Crippen molar-refractivity contribution in [3.8, 4) is 0 Å². The summed E-state index contributed by atoms with van der Waals surface area (Å²) in [7, 11) is 0. The molecule has 1 fully saturated rings. The van der Waals surface area contributed by atoms with Crippen LogP contribution in [0.2, 0.25) is 0 Å². The molecule has 0 saturated heterocycles. The number of fused-ring (bicyclic) bond motifs is 1. The first-order valence-electron chi connectivity index (χ1n) is 8.21. The molecule has 3 nitrogen and oxygen atoms in total. The van der Waals surface area contributed by atoms with Gasteiger partial charge < -0.3 is 10.2 Å². The van der Waals surface area contributed by atoms with E-state index < -0.39 is 5.97 Å². The number of rotatable bonds is 3. The number of allylic oxidation sites excluding steroid dienone is 5. The molecular weight excluding hydrogens is 276 g/mol. The summed E-state index contributed by atoms with van der Waals surface area (Å²) < 4.78 is 0. The largest absolute Gasteiger partial charge is 0.478 e. The quantitative estimate of drug-likeness (QED) is 0.475. The third-order valence-corrected chi connectivity index (χ3v) is 5.70. The number of carboxylic acids is 1. The van der Waals surface area contributed by atoms with Crippen molar-refractivity contribution < 1.29 is 15.0 Å². The normalized spacial score (nSPS) is 45.3. The van der Waals surface area contributed by atoms with Gasteiger partial charge in [0.25, 0.3) is 0 Å². The molecule has 3 heteroatoms. The minimum absolute atomic E-state index is 0.107. The smallest absolute Gasteiger partial charge is 0.328 e. The lowest BCUT2D eigenvalue weighted by Gasteiger charge is -2.54. The standard InChI is InChI=1S/C19H28O3/c1-12-9-10-19(4)11-13(2)18(22)14(3)17(19)15(12)7-5-6-8-16(20)21/h5-10,12-15,17-18,22H,11H2,1-4H3,(H,20,21)/b7-5+,8-6+/t12-,13?,14-,15-,17+,18-,19-/m0/s1. The molecular formula is C19H28O3. The van der Waals surface area contributed by atoms with Crippen LogP contribution in [0.25, 0.3) is 0 Å². The average Bonchev–Trinajstić information content (AvgIpc) is 2.44. The Labute approximate surface area is 133 Å². The number of carboxylic acid groups (broad SMARTS) is 1. The molecule has 0 spiro atoms. The minimum Gasteiger partial charge on any atom is -0.478 e. The Balaban J connectivity index is 2.29. The molecule has 0 radical (unpaired) electrons. The number of hydrogen-bond acceptors (Lipinski definition) is 2. The van der Waals surface area contributed by atoms with Gasteiger partial charge in [0.2, 0.25) is 0 Å². The van der Waals surface area contributed by atoms with Gasteiger partial charge in [-0.1, -0.05) is 58.1 Å². The van der Waals surface area contributed by atoms with E-state index in [1.807, 2.05) is 6.08 Å². The fraction of sp³-hybridized carbons (Fsp3) is 0.632. The Morgan fingerprint density at radius 1 is 1.27 bits per heavy atom. The maximum Gasteiger partial charge on any atom is 0.328 e. The predicted molar refractivity (Wildman–Crippen MR) is 88.3 cm³/mol. The van der Waals surface area contributed by atoms with Crippen LogP contribution in [0, 0.1) is 35.0 Å². The van der Waals surface area contributed by atoms with Gasteiger partial charge in [0.1, 0.15) is 0 Å². The van der Waals surface area contributed by atoms with Crippen molar-refractivity contribution in [2.24, 2.45) is 35.0 Å². The van der Waals surface area contributed by atoms with Crippen LogP contribution >= 0.6 is 0 Å². The molecule has 1 saturated carbocycles. The van der Waals surface area contributed by atoms with Crippen molar-refractivity contribution in [2.75, 3.05) is 0 Å². The van der Waals surface area contributed by atoms with Gasteiger partial charge in [-0.15, -0.1) is 0 Å². The highest BCUT2D eigenvalue weighted by Gasteiger charge is 2.50. The molecule has 22 heavy (non-hydrogen) atoms. The van der Waals surface area contributed by atoms with E-state index in [0.29, 0.717) is 23.7 Å². The fourth-order valence-electron chi connectivity index (χ4n) is 4.70. The molecule has 0 heterocycles. The number of carbonyl (C=O) groups is 1. The molecule has 2 aliphatic carbocycles. The van der Waals surface area contributed by atoms with Gasteiger partial charge in [-0.3, -0.25) is 0 Å². The van der Waals surface area contributed by atoms with Crippen molar-refractivity contribution >= 4 is 5.97 Å². The summed E-state index contributed by atoms with van der Waals surface area (Å²) in [5, 5.41) is 19.2. The third-order valence-electron chi connectivity index (χ3n) is 5.70. The average molecular weight is 304 g/mol. The lowest BCUT2D eigenvalue weighted by atomic mass is 9.51. The van der Waals surface area contributed by atoms with E-state index in [2.05, 4.69) is 45.9 Å². The van der Waals surface area contributed by atoms with Gasteiger partial charge in [-0.2, -0.15) is 0 Å². The van der Waals surface area contributed by atoms with E-state index in [0.717, 1.165) is 12.5 Å². The van der Waals surface area contributed by atoms with Gasteiger partial charge in [0, 0.05) is 6.08 Å². The number of aliphatic hydroxyl groups is 1. The van der Waals surface area contributed by atoms with Crippen LogP contribution in [0.3, 0.4) is 0 Å². The molecule has 122 valence electrons. The van der Waals surface area contributed by atoms with E-state index in [4.69, 9.17) is 5.11 Å². The van der Waals surface area contributed by atoms with Crippen LogP contribution in [0.1, 0.15) is 34.1 Å². The monoisotopic (exact) mass is 304 g/mol. The Morgan fingerprint density at radius 3 is 2.59 bits per heavy atom. The summed E-state index contributed by atoms with van der Waals surface area (Å²) >= 11 is 0. The molecule has 0 aliphatic heterocycles. The fourth-order valence-corrected chi connectivity index (χ4v) is 4.70. The second-order valence-electron chi connectivity index (χ2n) is 7.44. The Morgan fingerprint density at radius 2 is 1.95 bits per heavy atom. The molecule has 0 bridgehead atoms. The second-order valence-corrected chi connectivity index (χ2v) is 7.44. The highest BCUT2D eigenvalue weighted by atomic mass is 16.4. The second kappa shape index (κ2) is 6.41. The molecule has 0 aromatic rings. The van der Waals surface area contributed by atoms with Gasteiger partial charge in [-0.05, 0) is 41.4 Å². The van der Waals surface area contributed by atoms with E-state index in [1.54, 1.807) is 6.08 Å². The van der Waals surface area contributed by atoms with Crippen LogP contribution < -0.4 is 0 Å². The maximum atomic E-state index is 10.6. The number of hydrogen-bond donors (Lipinski definition) is 2. The topological polar surface area (TPSA) is 57.5 Å². The molecule has 1 unspecified atom stereocenters. The summed E-state index contributed by atoms with van der Waals surface area (Å²) in [6.45, 7) is 8.79. The van der Waals surface area contributed by atoms with Crippen LogP contribution in [-0.4, -0.2) is 22.3 Å². The zero-order chi connectivity index (χ0) is 16.5. The Hall–Kier alpha value is -1.35. The van der Waals surface area contributed by atoms with Gasteiger partial charge in [-0.25, -0.2) is 4.79 Å². The number of aliphatic hydroxyl groups excluding tert-OH is 1. The van der Waals surface area contributed by atoms with Crippen LogP contribution in [0.4, 0.5) is 0 Å². The Bertz CT molecular complexity index is 505. The zero-order valence-electron chi connectivity index (χ0n) is 13.9. The molecule has 0 aromatic carbocycles. The number of aliphatic carboxylic acids is 1. The van der Waals surface area contributed by atoms with Crippen molar-refractivity contribution in [3.05, 3.63) is 36.5 Å². The van der Waals surface area contributed by atoms with E-state index >= 15 is 0 Å². The third kappa shape index (κ3) is 3.19. The van der Waals surface area contributed by atoms with E-state index in [1.165, 1.54) is 0 Å². The first-order chi connectivity index (χ1) is 10.3. The molecule has 7 atom stereocenters. The van der Waals surface area contributed by atoms with Crippen molar-refractivity contribution in [1.29, 1.82) is 0 Å². The predicted octanol–water partition coefficient (Wildman–Crippen LogP) is 3.66. The highest BCUT2D eigenvalue weighted by molar-refractivity contribution is 5.80. The molecule has 0 aromatic heterocycles. The maximum absolute atomic E-state index is 10.6. The zero-order valence-corrected chi connectivity index (χ0v) is 13.9. The first-order valence-corrected chi connectivity index (χ1v) is 8.21. The van der Waals surface area contributed by atoms with Crippen molar-refractivity contribution in [2.45, 2.75) is 40.2 Å². The van der Waals surface area contributed by atoms with Crippen LogP contribution in [0.5, 0.6) is 0 Å². The molecule has 2 aliphatic rings. The summed E-state index contributed by atoms with van der Waals surface area (Å²) in [6.07, 6.45) is 12.1.